The molecule has 3 nitrogen and oxygen atoms in total. The Hall–Kier alpha value is -2.00. The molecule has 0 spiro atoms. The molecule has 2 rings (SSSR count). The van der Waals surface area contributed by atoms with E-state index in [0.29, 0.717) is 24.2 Å². The van der Waals surface area contributed by atoms with Gasteiger partial charge in [-0.15, -0.1) is 0 Å². The summed E-state index contributed by atoms with van der Waals surface area (Å²) in [6.45, 7) is 0.322. The molecule has 0 aliphatic heterocycles. The van der Waals surface area contributed by atoms with Crippen LogP contribution in [-0.4, -0.2) is 11.4 Å². The Morgan fingerprint density at radius 1 is 1.22 bits per heavy atom. The highest BCUT2D eigenvalue weighted by Crippen LogP contribution is 2.31. The molecule has 0 radical (unpaired) electrons. The van der Waals surface area contributed by atoms with E-state index in [9.17, 15) is 9.90 Å². The van der Waals surface area contributed by atoms with Gasteiger partial charge in [-0.1, -0.05) is 41.9 Å². The maximum atomic E-state index is 10.9. The lowest BCUT2D eigenvalue weighted by molar-refractivity contribution is 0.111. The molecule has 0 saturated heterocycles. The summed E-state index contributed by atoms with van der Waals surface area (Å²) in [7, 11) is 0. The van der Waals surface area contributed by atoms with Gasteiger partial charge in [0.15, 0.2) is 6.29 Å². The lowest BCUT2D eigenvalue weighted by Crippen LogP contribution is -1.98. The lowest BCUT2D eigenvalue weighted by Gasteiger charge is -2.09. The van der Waals surface area contributed by atoms with E-state index in [0.717, 1.165) is 5.56 Å². The smallest absolute Gasteiger partial charge is 0.153 e. The maximum absolute atomic E-state index is 10.9. The number of halogens is 1. The molecular formula is C14H11ClO3. The largest absolute Gasteiger partial charge is 0.506 e. The van der Waals surface area contributed by atoms with Crippen molar-refractivity contribution in [1.29, 1.82) is 0 Å². The van der Waals surface area contributed by atoms with Gasteiger partial charge in [0.2, 0.25) is 0 Å². The minimum absolute atomic E-state index is 0.106. The summed E-state index contributed by atoms with van der Waals surface area (Å²) >= 11 is 5.72. The second-order valence-electron chi connectivity index (χ2n) is 3.73. The van der Waals surface area contributed by atoms with Crippen LogP contribution in [0.25, 0.3) is 0 Å². The highest BCUT2D eigenvalue weighted by Gasteiger charge is 2.08. The number of hydrogen-bond acceptors (Lipinski definition) is 3. The third-order valence-corrected chi connectivity index (χ3v) is 2.75. The number of ether oxygens (including phenoxy) is 1. The summed E-state index contributed by atoms with van der Waals surface area (Å²) in [6.07, 6.45) is 0.644. The zero-order valence-corrected chi connectivity index (χ0v) is 10.2. The van der Waals surface area contributed by atoms with Crippen molar-refractivity contribution < 1.29 is 14.6 Å². The quantitative estimate of drug-likeness (QED) is 0.859. The number of rotatable bonds is 4. The highest BCUT2D eigenvalue weighted by molar-refractivity contribution is 6.32. The van der Waals surface area contributed by atoms with Crippen LogP contribution in [0.15, 0.2) is 42.5 Å². The first kappa shape index (κ1) is 12.5. The van der Waals surface area contributed by atoms with Crippen LogP contribution in [0.2, 0.25) is 5.02 Å². The van der Waals surface area contributed by atoms with Gasteiger partial charge in [-0.05, 0) is 11.6 Å². The van der Waals surface area contributed by atoms with Crippen LogP contribution >= 0.6 is 11.6 Å². The molecule has 2 aromatic rings. The van der Waals surface area contributed by atoms with Crippen molar-refractivity contribution in [2.45, 2.75) is 6.61 Å². The Morgan fingerprint density at radius 2 is 1.94 bits per heavy atom. The van der Waals surface area contributed by atoms with Crippen LogP contribution in [0.4, 0.5) is 0 Å². The van der Waals surface area contributed by atoms with E-state index in [1.165, 1.54) is 12.1 Å². The van der Waals surface area contributed by atoms with Crippen molar-refractivity contribution in [1.82, 2.24) is 0 Å². The van der Waals surface area contributed by atoms with Gasteiger partial charge < -0.3 is 9.84 Å². The summed E-state index contributed by atoms with van der Waals surface area (Å²) in [5.41, 5.74) is 1.29. The molecule has 18 heavy (non-hydrogen) atoms. The molecule has 0 aliphatic rings. The van der Waals surface area contributed by atoms with E-state index in [2.05, 4.69) is 0 Å². The number of phenolic OH excluding ortho intramolecular Hbond substituents is 1. The van der Waals surface area contributed by atoms with E-state index < -0.39 is 0 Å². The van der Waals surface area contributed by atoms with Crippen molar-refractivity contribution in [3.05, 3.63) is 58.6 Å². The molecule has 0 heterocycles. The monoisotopic (exact) mass is 262 g/mol. The predicted octanol–water partition coefficient (Wildman–Crippen LogP) is 3.44. The number of hydrogen-bond donors (Lipinski definition) is 1. The van der Waals surface area contributed by atoms with Crippen LogP contribution in [0, 0.1) is 0 Å². The van der Waals surface area contributed by atoms with Crippen LogP contribution in [0.3, 0.4) is 0 Å². The Morgan fingerprint density at radius 3 is 2.61 bits per heavy atom. The van der Waals surface area contributed by atoms with Gasteiger partial charge >= 0.3 is 0 Å². The van der Waals surface area contributed by atoms with Crippen LogP contribution < -0.4 is 4.74 Å². The van der Waals surface area contributed by atoms with E-state index in [-0.39, 0.29) is 10.8 Å². The minimum atomic E-state index is -0.106. The maximum Gasteiger partial charge on any atom is 0.153 e. The van der Waals surface area contributed by atoms with Gasteiger partial charge in [-0.25, -0.2) is 0 Å². The Balaban J connectivity index is 2.19. The van der Waals surface area contributed by atoms with Crippen molar-refractivity contribution >= 4 is 17.9 Å². The van der Waals surface area contributed by atoms with Crippen LogP contribution in [0.1, 0.15) is 15.9 Å². The number of aromatic hydroxyl groups is 1. The normalized spacial score (nSPS) is 10.1. The fourth-order valence-electron chi connectivity index (χ4n) is 1.51. The third-order valence-electron chi connectivity index (χ3n) is 2.44. The molecule has 0 bridgehead atoms. The molecule has 0 aromatic heterocycles. The lowest BCUT2D eigenvalue weighted by atomic mass is 10.2. The molecule has 92 valence electrons. The van der Waals surface area contributed by atoms with Crippen molar-refractivity contribution in [2.75, 3.05) is 0 Å². The minimum Gasteiger partial charge on any atom is -0.506 e. The van der Waals surface area contributed by atoms with E-state index >= 15 is 0 Å². The fourth-order valence-corrected chi connectivity index (χ4v) is 1.68. The summed E-state index contributed by atoms with van der Waals surface area (Å²) in [4.78, 5) is 10.9. The number of benzene rings is 2. The average molecular weight is 263 g/mol. The number of phenols is 1. The molecule has 0 fully saturated rings. The Kier molecular flexibility index (Phi) is 3.85. The second kappa shape index (κ2) is 5.56. The predicted molar refractivity (Wildman–Crippen MR) is 69.3 cm³/mol. The van der Waals surface area contributed by atoms with Gasteiger partial charge in [0, 0.05) is 6.07 Å². The standard InChI is InChI=1S/C14H11ClO3/c15-12-6-11(8-16)14(7-13(12)17)18-9-10-4-2-1-3-5-10/h1-8,17H,9H2. The van der Waals surface area contributed by atoms with E-state index in [4.69, 9.17) is 16.3 Å². The molecule has 2 aromatic carbocycles. The topological polar surface area (TPSA) is 46.5 Å². The molecule has 0 atom stereocenters. The van der Waals surface area contributed by atoms with Gasteiger partial charge in [0.05, 0.1) is 10.6 Å². The number of aldehydes is 1. The van der Waals surface area contributed by atoms with Gasteiger partial charge in [-0.2, -0.15) is 0 Å². The molecule has 0 unspecified atom stereocenters. The average Bonchev–Trinajstić information content (AvgIpc) is 2.41. The molecule has 1 N–H and O–H groups in total. The molecular weight excluding hydrogens is 252 g/mol. The molecule has 4 heteroatoms. The molecule has 0 amide bonds. The zero-order valence-electron chi connectivity index (χ0n) is 9.47. The van der Waals surface area contributed by atoms with Crippen molar-refractivity contribution in [2.24, 2.45) is 0 Å². The first-order valence-electron chi connectivity index (χ1n) is 5.35. The zero-order chi connectivity index (χ0) is 13.0. The van der Waals surface area contributed by atoms with Crippen LogP contribution in [-0.2, 0) is 6.61 Å². The van der Waals surface area contributed by atoms with Crippen molar-refractivity contribution in [3.8, 4) is 11.5 Å². The second-order valence-corrected chi connectivity index (χ2v) is 4.14. The Bertz CT molecular complexity index is 552. The first-order valence-corrected chi connectivity index (χ1v) is 5.73. The first-order chi connectivity index (χ1) is 8.70. The number of carbonyl (C=O) groups is 1. The van der Waals surface area contributed by atoms with Crippen LogP contribution in [0.5, 0.6) is 11.5 Å². The van der Waals surface area contributed by atoms with Gasteiger partial charge in [0.1, 0.15) is 18.1 Å². The van der Waals surface area contributed by atoms with Gasteiger partial charge in [-0.3, -0.25) is 4.79 Å². The van der Waals surface area contributed by atoms with E-state index in [1.54, 1.807) is 0 Å². The SMILES string of the molecule is O=Cc1cc(Cl)c(O)cc1OCc1ccccc1. The summed E-state index contributed by atoms with van der Waals surface area (Å²) in [6, 6.07) is 12.3. The molecule has 0 aliphatic carbocycles. The fraction of sp³-hybridized carbons (Fsp3) is 0.0714. The Labute approximate surface area is 110 Å². The van der Waals surface area contributed by atoms with Crippen molar-refractivity contribution in [3.63, 3.8) is 0 Å². The van der Waals surface area contributed by atoms with Gasteiger partial charge in [0.25, 0.3) is 0 Å². The summed E-state index contributed by atoms with van der Waals surface area (Å²) in [5, 5.41) is 9.62. The molecule has 0 saturated carbocycles. The van der Waals surface area contributed by atoms with E-state index in [1.807, 2.05) is 30.3 Å². The number of carbonyl (C=O) groups excluding carboxylic acids is 1. The summed E-state index contributed by atoms with van der Waals surface area (Å²) in [5.74, 6) is 0.209. The third kappa shape index (κ3) is 2.81. The summed E-state index contributed by atoms with van der Waals surface area (Å²) < 4.78 is 5.50. The highest BCUT2D eigenvalue weighted by atomic mass is 35.5.